The van der Waals surface area contributed by atoms with E-state index in [0.717, 1.165) is 0 Å². The minimum Gasteiger partial charge on any atom is -0.372 e. The fourth-order valence-electron chi connectivity index (χ4n) is 5.63. The van der Waals surface area contributed by atoms with Crippen LogP contribution in [0.15, 0.2) is 47.2 Å². The predicted molar refractivity (Wildman–Crippen MR) is 124 cm³/mol. The molecule has 1 aliphatic carbocycles. The van der Waals surface area contributed by atoms with Crippen LogP contribution in [0.3, 0.4) is 0 Å². The Kier molecular flexibility index (Phi) is 4.84. The molecule has 1 aromatic carbocycles. The molecule has 2 fully saturated rings. The molecule has 3 heterocycles. The maximum Gasteiger partial charge on any atom is 0.113 e. The second-order valence-electron chi connectivity index (χ2n) is 9.57. The van der Waals surface area contributed by atoms with Gasteiger partial charge in [-0.1, -0.05) is 43.8 Å². The third-order valence-corrected chi connectivity index (χ3v) is 10.9. The molecule has 1 unspecified atom stereocenters. The molecule has 28 heavy (non-hydrogen) atoms. The van der Waals surface area contributed by atoms with Crippen LogP contribution >= 0.6 is 0 Å². The van der Waals surface area contributed by atoms with E-state index in [1.54, 1.807) is 10.4 Å². The van der Waals surface area contributed by atoms with Gasteiger partial charge in [-0.3, -0.25) is 4.90 Å². The lowest BCUT2D eigenvalue weighted by Crippen LogP contribution is -2.50. The molecule has 4 aliphatic rings. The smallest absolute Gasteiger partial charge is 0.113 e. The second-order valence-corrected chi connectivity index (χ2v) is 13.9. The standard InChI is InChI=1S/C25H34N2Si/c1-28(2)24-18-22(26-13-5-3-6-14-26)11-9-20(24)17-21-10-12-23(19-25(21)28)27-15-7-4-8-16-27/h9-12,17-19,22H,3-8,13-16H2,1-2H3. The third kappa shape index (κ3) is 3.23. The van der Waals surface area contributed by atoms with E-state index in [1.165, 1.54) is 81.5 Å². The Morgan fingerprint density at radius 1 is 0.893 bits per heavy atom. The second kappa shape index (κ2) is 7.35. The molecule has 2 saturated heterocycles. The zero-order valence-corrected chi connectivity index (χ0v) is 18.6. The summed E-state index contributed by atoms with van der Waals surface area (Å²) in [4.78, 5) is 5.30. The van der Waals surface area contributed by atoms with Crippen molar-refractivity contribution in [2.24, 2.45) is 0 Å². The first kappa shape index (κ1) is 18.4. The van der Waals surface area contributed by atoms with Crippen molar-refractivity contribution >= 4 is 25.0 Å². The number of hydrogen-bond acceptors (Lipinski definition) is 2. The number of likely N-dealkylation sites (tertiary alicyclic amines) is 1. The molecule has 0 radical (unpaired) electrons. The number of hydrogen-bond donors (Lipinski definition) is 0. The average Bonchev–Trinajstić information content (AvgIpc) is 2.75. The Morgan fingerprint density at radius 2 is 1.61 bits per heavy atom. The van der Waals surface area contributed by atoms with E-state index in [-0.39, 0.29) is 0 Å². The maximum absolute atomic E-state index is 2.69. The summed E-state index contributed by atoms with van der Waals surface area (Å²) < 4.78 is 0. The van der Waals surface area contributed by atoms with Gasteiger partial charge in [0.15, 0.2) is 0 Å². The number of nitrogens with zero attached hydrogens (tertiary/aromatic N) is 2. The van der Waals surface area contributed by atoms with Crippen LogP contribution in [-0.2, 0) is 0 Å². The number of piperidine rings is 2. The fourth-order valence-corrected chi connectivity index (χ4v) is 8.77. The first-order valence-corrected chi connectivity index (χ1v) is 14.4. The van der Waals surface area contributed by atoms with Crippen molar-refractivity contribution in [2.45, 2.75) is 57.7 Å². The Balaban J connectivity index is 1.50. The van der Waals surface area contributed by atoms with Crippen molar-refractivity contribution in [3.8, 4) is 0 Å². The summed E-state index contributed by atoms with van der Waals surface area (Å²) in [6.07, 6.45) is 18.1. The molecular weight excluding hydrogens is 356 g/mol. The van der Waals surface area contributed by atoms with Gasteiger partial charge >= 0.3 is 0 Å². The van der Waals surface area contributed by atoms with Crippen LogP contribution in [0.25, 0.3) is 6.08 Å². The van der Waals surface area contributed by atoms with E-state index < -0.39 is 8.07 Å². The Morgan fingerprint density at radius 3 is 2.36 bits per heavy atom. The zero-order valence-electron chi connectivity index (χ0n) is 17.6. The summed E-state index contributed by atoms with van der Waals surface area (Å²) >= 11 is 0. The molecule has 0 amide bonds. The summed E-state index contributed by atoms with van der Waals surface area (Å²) in [5.41, 5.74) is 4.39. The third-order valence-electron chi connectivity index (χ3n) is 7.35. The first-order chi connectivity index (χ1) is 13.6. The molecule has 5 rings (SSSR count). The van der Waals surface area contributed by atoms with Crippen LogP contribution in [0.2, 0.25) is 13.1 Å². The van der Waals surface area contributed by atoms with Gasteiger partial charge in [-0.25, -0.2) is 0 Å². The highest BCUT2D eigenvalue weighted by Gasteiger charge is 2.37. The SMILES string of the molecule is C[Si]1(C)C2=CC(N3CCCCC3)C=CC2=Cc2ccc(N3CCCCC3)cc21. The van der Waals surface area contributed by atoms with Gasteiger partial charge in [-0.15, -0.1) is 0 Å². The van der Waals surface area contributed by atoms with E-state index in [4.69, 9.17) is 0 Å². The zero-order chi connectivity index (χ0) is 19.1. The van der Waals surface area contributed by atoms with Gasteiger partial charge in [0, 0.05) is 24.8 Å². The summed E-state index contributed by atoms with van der Waals surface area (Å²) in [7, 11) is -1.69. The van der Waals surface area contributed by atoms with Crippen molar-refractivity contribution in [1.29, 1.82) is 0 Å². The van der Waals surface area contributed by atoms with Gasteiger partial charge in [0.1, 0.15) is 8.07 Å². The highest BCUT2D eigenvalue weighted by molar-refractivity contribution is 6.97. The number of rotatable bonds is 2. The number of benzene rings is 1. The van der Waals surface area contributed by atoms with Gasteiger partial charge in [0.05, 0.1) is 0 Å². The number of anilines is 1. The number of allylic oxidation sites excluding steroid dienone is 3. The Bertz CT molecular complexity index is 836. The van der Waals surface area contributed by atoms with Crippen LogP contribution in [0, 0.1) is 0 Å². The predicted octanol–water partition coefficient (Wildman–Crippen LogP) is 4.88. The molecule has 1 atom stereocenters. The van der Waals surface area contributed by atoms with Crippen LogP contribution < -0.4 is 10.1 Å². The van der Waals surface area contributed by atoms with Crippen molar-refractivity contribution in [3.63, 3.8) is 0 Å². The lowest BCUT2D eigenvalue weighted by Gasteiger charge is -2.39. The molecule has 0 bridgehead atoms. The molecule has 0 spiro atoms. The molecule has 1 aromatic rings. The molecule has 148 valence electrons. The summed E-state index contributed by atoms with van der Waals surface area (Å²) in [5, 5.41) is 3.30. The number of fused-ring (bicyclic) bond motifs is 2. The van der Waals surface area contributed by atoms with Crippen LogP contribution in [-0.4, -0.2) is 45.2 Å². The van der Waals surface area contributed by atoms with Gasteiger partial charge in [-0.2, -0.15) is 0 Å². The van der Waals surface area contributed by atoms with Gasteiger partial charge in [-0.05, 0) is 84.9 Å². The van der Waals surface area contributed by atoms with Crippen LogP contribution in [0.1, 0.15) is 44.1 Å². The summed E-state index contributed by atoms with van der Waals surface area (Å²) in [5.74, 6) is 0. The van der Waals surface area contributed by atoms with E-state index in [9.17, 15) is 0 Å². The molecule has 0 aromatic heterocycles. The molecule has 0 N–H and O–H groups in total. The highest BCUT2D eigenvalue weighted by Crippen LogP contribution is 2.36. The van der Waals surface area contributed by atoms with E-state index in [2.05, 4.69) is 65.4 Å². The average molecular weight is 391 g/mol. The van der Waals surface area contributed by atoms with Crippen molar-refractivity contribution < 1.29 is 0 Å². The summed E-state index contributed by atoms with van der Waals surface area (Å²) in [6.45, 7) is 10.1. The van der Waals surface area contributed by atoms with Crippen LogP contribution in [0.4, 0.5) is 5.69 Å². The molecule has 3 heteroatoms. The first-order valence-electron chi connectivity index (χ1n) is 11.4. The Labute approximate surface area is 171 Å². The lowest BCUT2D eigenvalue weighted by atomic mass is 9.99. The minimum atomic E-state index is -1.69. The fraction of sp³-hybridized carbons (Fsp3) is 0.520. The normalized spacial score (nSPS) is 26.9. The van der Waals surface area contributed by atoms with Gasteiger partial charge in [0.2, 0.25) is 0 Å². The van der Waals surface area contributed by atoms with Crippen molar-refractivity contribution in [3.05, 3.63) is 52.8 Å². The topological polar surface area (TPSA) is 6.48 Å². The highest BCUT2D eigenvalue weighted by atomic mass is 28.3. The monoisotopic (exact) mass is 390 g/mol. The van der Waals surface area contributed by atoms with Gasteiger partial charge < -0.3 is 4.90 Å². The van der Waals surface area contributed by atoms with Crippen molar-refractivity contribution in [2.75, 3.05) is 31.1 Å². The van der Waals surface area contributed by atoms with E-state index in [0.29, 0.717) is 6.04 Å². The lowest BCUT2D eigenvalue weighted by molar-refractivity contribution is 0.215. The van der Waals surface area contributed by atoms with Crippen molar-refractivity contribution in [1.82, 2.24) is 4.90 Å². The Hall–Kier alpha value is -1.58. The quantitative estimate of drug-likeness (QED) is 0.664. The minimum absolute atomic E-state index is 0.506. The summed E-state index contributed by atoms with van der Waals surface area (Å²) in [6, 6.07) is 7.81. The van der Waals surface area contributed by atoms with E-state index in [1.807, 2.05) is 0 Å². The molecule has 3 aliphatic heterocycles. The molecular formula is C25H34N2Si. The van der Waals surface area contributed by atoms with Crippen LogP contribution in [0.5, 0.6) is 0 Å². The maximum atomic E-state index is 2.69. The largest absolute Gasteiger partial charge is 0.372 e. The van der Waals surface area contributed by atoms with E-state index >= 15 is 0 Å². The molecule has 2 nitrogen and oxygen atoms in total. The van der Waals surface area contributed by atoms with Gasteiger partial charge in [0.25, 0.3) is 0 Å². The molecule has 0 saturated carbocycles.